The average Bonchev–Trinajstić information content (AvgIpc) is 2.63. The normalized spacial score (nSPS) is 16.1. The van der Waals surface area contributed by atoms with E-state index < -0.39 is 5.92 Å². The smallest absolute Gasteiger partial charge is 0.240 e. The average molecular weight is 401 g/mol. The zero-order valence-corrected chi connectivity index (χ0v) is 15.5. The molecule has 2 N–H and O–H groups in total. The van der Waals surface area contributed by atoms with Crippen molar-refractivity contribution in [1.29, 1.82) is 5.26 Å². The predicted octanol–water partition coefficient (Wildman–Crippen LogP) is 4.79. The van der Waals surface area contributed by atoms with E-state index in [-0.39, 0.29) is 21.2 Å². The molecule has 0 saturated carbocycles. The van der Waals surface area contributed by atoms with Gasteiger partial charge in [0.25, 0.3) is 0 Å². The van der Waals surface area contributed by atoms with Gasteiger partial charge < -0.3 is 10.5 Å². The molecule has 0 saturated heterocycles. The SMILES string of the molecule is N#CC1=C(N)Oc2c(c(=O)sc3ccccc23)[C@H]1c1cccc(Cl)c1Cl. The second-order valence-corrected chi connectivity index (χ2v) is 7.50. The predicted molar refractivity (Wildman–Crippen MR) is 104 cm³/mol. The summed E-state index contributed by atoms with van der Waals surface area (Å²) in [5, 5.41) is 11.0. The molecular weight excluding hydrogens is 391 g/mol. The number of allylic oxidation sites excluding steroid dienone is 1. The Balaban J connectivity index is 2.13. The molecule has 0 amide bonds. The van der Waals surface area contributed by atoms with E-state index in [1.165, 1.54) is 0 Å². The van der Waals surface area contributed by atoms with Crippen molar-refractivity contribution < 1.29 is 4.74 Å². The molecule has 1 aliphatic heterocycles. The summed E-state index contributed by atoms with van der Waals surface area (Å²) in [4.78, 5) is 12.9. The van der Waals surface area contributed by atoms with Crippen molar-refractivity contribution in [3.8, 4) is 11.8 Å². The van der Waals surface area contributed by atoms with Crippen LogP contribution in [-0.4, -0.2) is 0 Å². The topological polar surface area (TPSA) is 76.1 Å². The molecule has 4 nitrogen and oxygen atoms in total. The number of halogens is 2. The third-order valence-corrected chi connectivity index (χ3v) is 6.08. The maximum atomic E-state index is 12.9. The molecular formula is C19H10Cl2N2O2S. The monoisotopic (exact) mass is 400 g/mol. The number of rotatable bonds is 1. The first-order valence-electron chi connectivity index (χ1n) is 7.60. The first-order valence-corrected chi connectivity index (χ1v) is 9.17. The van der Waals surface area contributed by atoms with Gasteiger partial charge in [-0.1, -0.05) is 58.8 Å². The van der Waals surface area contributed by atoms with Crippen LogP contribution in [0.1, 0.15) is 17.0 Å². The molecule has 128 valence electrons. The minimum Gasteiger partial charge on any atom is -0.439 e. The van der Waals surface area contributed by atoms with E-state index in [1.807, 2.05) is 24.3 Å². The highest BCUT2D eigenvalue weighted by molar-refractivity contribution is 7.16. The van der Waals surface area contributed by atoms with Gasteiger partial charge in [0.1, 0.15) is 17.4 Å². The lowest BCUT2D eigenvalue weighted by molar-refractivity contribution is 0.398. The summed E-state index contributed by atoms with van der Waals surface area (Å²) < 4.78 is 6.29. The zero-order valence-electron chi connectivity index (χ0n) is 13.1. The summed E-state index contributed by atoms with van der Waals surface area (Å²) in [6, 6.07) is 14.5. The first kappa shape index (κ1) is 16.9. The lowest BCUT2D eigenvalue weighted by Gasteiger charge is -2.27. The fraction of sp³-hybridized carbons (Fsp3) is 0.0526. The van der Waals surface area contributed by atoms with Crippen LogP contribution in [0.15, 0.2) is 58.7 Å². The fourth-order valence-corrected chi connectivity index (χ4v) is 4.47. The maximum absolute atomic E-state index is 12.9. The molecule has 0 fully saturated rings. The van der Waals surface area contributed by atoms with Gasteiger partial charge in [0.05, 0.1) is 21.5 Å². The number of nitrogens with zero attached hydrogens (tertiary/aromatic N) is 1. The van der Waals surface area contributed by atoms with Crippen LogP contribution in [0.25, 0.3) is 10.1 Å². The van der Waals surface area contributed by atoms with Crippen LogP contribution in [0.2, 0.25) is 10.0 Å². The summed E-state index contributed by atoms with van der Waals surface area (Å²) in [5.41, 5.74) is 7.06. The van der Waals surface area contributed by atoms with Crippen molar-refractivity contribution in [1.82, 2.24) is 0 Å². The molecule has 0 spiro atoms. The minimum absolute atomic E-state index is 0.0400. The number of nitrogens with two attached hydrogens (primary N) is 1. The number of nitriles is 1. The van der Waals surface area contributed by atoms with Gasteiger partial charge in [-0.3, -0.25) is 4.79 Å². The van der Waals surface area contributed by atoms with E-state index in [0.29, 0.717) is 21.9 Å². The van der Waals surface area contributed by atoms with Crippen LogP contribution >= 0.6 is 34.5 Å². The summed E-state index contributed by atoms with van der Waals surface area (Å²) in [6.45, 7) is 0. The molecule has 4 rings (SSSR count). The zero-order chi connectivity index (χ0) is 18.4. The Labute approximate surface area is 162 Å². The lowest BCUT2D eigenvalue weighted by Crippen LogP contribution is -2.25. The van der Waals surface area contributed by atoms with Crippen molar-refractivity contribution in [2.75, 3.05) is 0 Å². The Morgan fingerprint density at radius 1 is 1.15 bits per heavy atom. The molecule has 3 aromatic rings. The van der Waals surface area contributed by atoms with Gasteiger partial charge in [-0.05, 0) is 23.8 Å². The molecule has 0 unspecified atom stereocenters. The molecule has 2 aromatic carbocycles. The summed E-state index contributed by atoms with van der Waals surface area (Å²) >= 11 is 13.6. The number of ether oxygens (including phenoxy) is 1. The minimum atomic E-state index is -0.733. The molecule has 0 bridgehead atoms. The largest absolute Gasteiger partial charge is 0.439 e. The van der Waals surface area contributed by atoms with Gasteiger partial charge in [-0.25, -0.2) is 0 Å². The second-order valence-electron chi connectivity index (χ2n) is 5.70. The van der Waals surface area contributed by atoms with Gasteiger partial charge in [-0.15, -0.1) is 0 Å². The van der Waals surface area contributed by atoms with Gasteiger partial charge >= 0.3 is 0 Å². The van der Waals surface area contributed by atoms with E-state index in [4.69, 9.17) is 33.7 Å². The van der Waals surface area contributed by atoms with E-state index in [2.05, 4.69) is 6.07 Å². The number of hydrogen-bond donors (Lipinski definition) is 1. The Hall–Kier alpha value is -2.52. The molecule has 0 aliphatic carbocycles. The van der Waals surface area contributed by atoms with E-state index >= 15 is 0 Å². The summed E-state index contributed by atoms with van der Waals surface area (Å²) in [6.07, 6.45) is 0. The quantitative estimate of drug-likeness (QED) is 0.636. The van der Waals surface area contributed by atoms with Crippen molar-refractivity contribution in [2.24, 2.45) is 5.73 Å². The number of benzene rings is 2. The van der Waals surface area contributed by atoms with Gasteiger partial charge in [0.2, 0.25) is 10.6 Å². The Bertz CT molecular complexity index is 1190. The third-order valence-electron chi connectivity index (χ3n) is 4.27. The molecule has 2 heterocycles. The first-order chi connectivity index (χ1) is 12.5. The number of fused-ring (bicyclic) bond motifs is 3. The van der Waals surface area contributed by atoms with Gasteiger partial charge in [0, 0.05) is 10.1 Å². The number of hydrogen-bond acceptors (Lipinski definition) is 5. The van der Waals surface area contributed by atoms with Crippen molar-refractivity contribution in [3.63, 3.8) is 0 Å². The molecule has 7 heteroatoms. The third kappa shape index (κ3) is 2.46. The molecule has 1 aliphatic rings. The lowest BCUT2D eigenvalue weighted by atomic mass is 9.84. The van der Waals surface area contributed by atoms with Crippen LogP contribution in [0.5, 0.6) is 5.75 Å². The second kappa shape index (κ2) is 6.33. The molecule has 0 radical (unpaired) electrons. The summed E-state index contributed by atoms with van der Waals surface area (Å²) in [7, 11) is 0. The van der Waals surface area contributed by atoms with Gasteiger partial charge in [0.15, 0.2) is 0 Å². The van der Waals surface area contributed by atoms with Crippen LogP contribution in [-0.2, 0) is 0 Å². The van der Waals surface area contributed by atoms with E-state index in [0.717, 1.165) is 21.4 Å². The molecule has 26 heavy (non-hydrogen) atoms. The Kier molecular flexibility index (Phi) is 4.12. The fourth-order valence-electron chi connectivity index (χ4n) is 3.12. The highest BCUT2D eigenvalue weighted by Crippen LogP contribution is 2.46. The van der Waals surface area contributed by atoms with Crippen molar-refractivity contribution in [3.05, 3.63) is 84.6 Å². The van der Waals surface area contributed by atoms with Crippen molar-refractivity contribution >= 4 is 44.6 Å². The van der Waals surface area contributed by atoms with Crippen LogP contribution in [0, 0.1) is 11.3 Å². The van der Waals surface area contributed by atoms with E-state index in [1.54, 1.807) is 18.2 Å². The molecule has 1 atom stereocenters. The molecule has 1 aromatic heterocycles. The highest BCUT2D eigenvalue weighted by atomic mass is 35.5. The standard InChI is InChI=1S/C19H10Cl2N2O2S/c20-12-6-3-5-10(16(12)21)14-11(8-22)18(23)25-17-9-4-1-2-7-13(9)26-19(24)15(14)17/h1-7,14H,23H2/t14-/m0/s1. The Morgan fingerprint density at radius 3 is 2.69 bits per heavy atom. The Morgan fingerprint density at radius 2 is 1.92 bits per heavy atom. The highest BCUT2D eigenvalue weighted by Gasteiger charge is 2.35. The van der Waals surface area contributed by atoms with Crippen LogP contribution in [0.3, 0.4) is 0 Å². The van der Waals surface area contributed by atoms with Crippen molar-refractivity contribution in [2.45, 2.75) is 5.92 Å². The maximum Gasteiger partial charge on any atom is 0.240 e. The van der Waals surface area contributed by atoms with E-state index in [9.17, 15) is 10.1 Å². The van der Waals surface area contributed by atoms with Gasteiger partial charge in [-0.2, -0.15) is 5.26 Å². The summed E-state index contributed by atoms with van der Waals surface area (Å²) in [5.74, 6) is -0.410. The van der Waals surface area contributed by atoms with Crippen LogP contribution in [0.4, 0.5) is 0 Å². The van der Waals surface area contributed by atoms with Crippen LogP contribution < -0.4 is 15.2 Å².